The number of benzene rings is 2. The molecule has 1 aliphatic rings. The maximum Gasteiger partial charge on any atom is 0.293 e. The number of hydrogen-bond donors (Lipinski definition) is 2. The van der Waals surface area contributed by atoms with Crippen LogP contribution in [0.1, 0.15) is 15.9 Å². The maximum absolute atomic E-state index is 12.9. The number of amides is 1. The minimum absolute atomic E-state index is 0.0124. The van der Waals surface area contributed by atoms with E-state index in [0.717, 1.165) is 44.2 Å². The molecule has 8 nitrogen and oxygen atoms in total. The minimum Gasteiger partial charge on any atom is -0.502 e. The summed E-state index contributed by atoms with van der Waals surface area (Å²) >= 11 is 0. The van der Waals surface area contributed by atoms with Gasteiger partial charge in [-0.1, -0.05) is 30.3 Å². The van der Waals surface area contributed by atoms with Gasteiger partial charge in [-0.2, -0.15) is 0 Å². The lowest BCUT2D eigenvalue weighted by molar-refractivity contribution is 0.0322. The van der Waals surface area contributed by atoms with Crippen LogP contribution in [0.25, 0.3) is 10.9 Å². The lowest BCUT2D eigenvalue weighted by atomic mass is 10.1. The predicted molar refractivity (Wildman–Crippen MR) is 121 cm³/mol. The molecule has 2 N–H and O–H groups in total. The van der Waals surface area contributed by atoms with E-state index in [9.17, 15) is 14.7 Å². The fraction of sp³-hybridized carbons (Fsp3) is 0.333. The zero-order valence-corrected chi connectivity index (χ0v) is 18.0. The van der Waals surface area contributed by atoms with Gasteiger partial charge in [0, 0.05) is 38.6 Å². The van der Waals surface area contributed by atoms with Crippen LogP contribution in [0.3, 0.4) is 0 Å². The molecule has 3 aromatic rings. The van der Waals surface area contributed by atoms with Gasteiger partial charge in [-0.3, -0.25) is 14.5 Å². The van der Waals surface area contributed by atoms with E-state index in [2.05, 4.69) is 10.2 Å². The first kappa shape index (κ1) is 21.9. The number of pyridine rings is 1. The average Bonchev–Trinajstić information content (AvgIpc) is 2.82. The molecule has 0 atom stereocenters. The Morgan fingerprint density at radius 2 is 1.94 bits per heavy atom. The fourth-order valence-electron chi connectivity index (χ4n) is 3.84. The summed E-state index contributed by atoms with van der Waals surface area (Å²) < 4.78 is 12.6. The number of para-hydroxylation sites is 1. The molecule has 1 saturated heterocycles. The van der Waals surface area contributed by atoms with Gasteiger partial charge in [0.1, 0.15) is 12.4 Å². The summed E-state index contributed by atoms with van der Waals surface area (Å²) in [6.45, 7) is 4.99. The predicted octanol–water partition coefficient (Wildman–Crippen LogP) is 1.89. The summed E-state index contributed by atoms with van der Waals surface area (Å²) in [5.74, 6) is -0.328. The summed E-state index contributed by atoms with van der Waals surface area (Å²) in [5.41, 5.74) is 0.817. The SMILES string of the molecule is Cn1c(=O)c(O)c(C(=O)NCc2cccc(OCCN3CCOCC3)c2)c2ccccc21. The molecule has 1 fully saturated rings. The number of nitrogens with one attached hydrogen (secondary N) is 1. The summed E-state index contributed by atoms with van der Waals surface area (Å²) in [5, 5.41) is 13.7. The molecule has 168 valence electrons. The van der Waals surface area contributed by atoms with Gasteiger partial charge >= 0.3 is 0 Å². The highest BCUT2D eigenvalue weighted by atomic mass is 16.5. The van der Waals surface area contributed by atoms with Gasteiger partial charge in [0.05, 0.1) is 24.3 Å². The summed E-state index contributed by atoms with van der Waals surface area (Å²) in [4.78, 5) is 27.5. The van der Waals surface area contributed by atoms with Crippen LogP contribution in [0.15, 0.2) is 53.3 Å². The molecule has 1 aliphatic heterocycles. The molecule has 0 radical (unpaired) electrons. The van der Waals surface area contributed by atoms with Crippen molar-refractivity contribution >= 4 is 16.8 Å². The van der Waals surface area contributed by atoms with Crippen molar-refractivity contribution in [3.8, 4) is 11.5 Å². The van der Waals surface area contributed by atoms with Crippen molar-refractivity contribution < 1.29 is 19.4 Å². The molecule has 0 bridgehead atoms. The topological polar surface area (TPSA) is 93.0 Å². The number of nitrogens with zero attached hydrogens (tertiary/aromatic N) is 2. The first-order chi connectivity index (χ1) is 15.5. The Morgan fingerprint density at radius 1 is 1.16 bits per heavy atom. The molecular formula is C24H27N3O5. The van der Waals surface area contributed by atoms with Gasteiger partial charge in [0.2, 0.25) is 0 Å². The number of aromatic hydroxyl groups is 1. The molecule has 1 amide bonds. The van der Waals surface area contributed by atoms with E-state index in [1.807, 2.05) is 24.3 Å². The van der Waals surface area contributed by atoms with Crippen molar-refractivity contribution in [2.24, 2.45) is 7.05 Å². The van der Waals surface area contributed by atoms with E-state index in [1.54, 1.807) is 31.3 Å². The van der Waals surface area contributed by atoms with Crippen LogP contribution in [-0.4, -0.2) is 59.9 Å². The number of aromatic nitrogens is 1. The summed E-state index contributed by atoms with van der Waals surface area (Å²) in [6.07, 6.45) is 0. The van der Waals surface area contributed by atoms with Crippen molar-refractivity contribution in [2.75, 3.05) is 39.5 Å². The van der Waals surface area contributed by atoms with E-state index in [4.69, 9.17) is 9.47 Å². The third-order valence-corrected chi connectivity index (χ3v) is 5.64. The Labute approximate surface area is 186 Å². The Morgan fingerprint density at radius 3 is 2.75 bits per heavy atom. The van der Waals surface area contributed by atoms with Gasteiger partial charge in [0.15, 0.2) is 5.75 Å². The second-order valence-electron chi connectivity index (χ2n) is 7.74. The second kappa shape index (κ2) is 9.84. The molecule has 1 aromatic heterocycles. The first-order valence-electron chi connectivity index (χ1n) is 10.7. The van der Waals surface area contributed by atoms with Crippen molar-refractivity contribution in [3.05, 3.63) is 70.0 Å². The van der Waals surface area contributed by atoms with Gasteiger partial charge in [-0.05, 0) is 23.8 Å². The molecule has 0 aliphatic carbocycles. The number of carbonyl (C=O) groups is 1. The van der Waals surface area contributed by atoms with Gasteiger partial charge in [-0.15, -0.1) is 0 Å². The monoisotopic (exact) mass is 437 g/mol. The molecule has 8 heteroatoms. The van der Waals surface area contributed by atoms with Gasteiger partial charge < -0.3 is 24.5 Å². The van der Waals surface area contributed by atoms with E-state index >= 15 is 0 Å². The quantitative estimate of drug-likeness (QED) is 0.586. The zero-order chi connectivity index (χ0) is 22.5. The summed E-state index contributed by atoms with van der Waals surface area (Å²) in [6, 6.07) is 14.5. The number of aryl methyl sites for hydroxylation is 1. The van der Waals surface area contributed by atoms with E-state index in [1.165, 1.54) is 4.57 Å². The maximum atomic E-state index is 12.9. The smallest absolute Gasteiger partial charge is 0.293 e. The third-order valence-electron chi connectivity index (χ3n) is 5.64. The van der Waals surface area contributed by atoms with Crippen LogP contribution >= 0.6 is 0 Å². The summed E-state index contributed by atoms with van der Waals surface area (Å²) in [7, 11) is 1.57. The normalized spacial score (nSPS) is 14.4. The second-order valence-corrected chi connectivity index (χ2v) is 7.74. The van der Waals surface area contributed by atoms with Crippen molar-refractivity contribution in [1.29, 1.82) is 0 Å². The van der Waals surface area contributed by atoms with E-state index < -0.39 is 17.2 Å². The Kier molecular flexibility index (Phi) is 6.72. The molecule has 2 aromatic carbocycles. The van der Waals surface area contributed by atoms with Crippen LogP contribution in [-0.2, 0) is 18.3 Å². The zero-order valence-electron chi connectivity index (χ0n) is 18.0. The lowest BCUT2D eigenvalue weighted by Gasteiger charge is -2.26. The number of morpholine rings is 1. The Hall–Kier alpha value is -3.36. The highest BCUT2D eigenvalue weighted by Gasteiger charge is 2.20. The first-order valence-corrected chi connectivity index (χ1v) is 10.7. The lowest BCUT2D eigenvalue weighted by Crippen LogP contribution is -2.38. The van der Waals surface area contributed by atoms with Crippen LogP contribution in [0.2, 0.25) is 0 Å². The van der Waals surface area contributed by atoms with E-state index in [0.29, 0.717) is 17.5 Å². The molecule has 4 rings (SSSR count). The van der Waals surface area contributed by atoms with Crippen LogP contribution in [0.5, 0.6) is 11.5 Å². The molecule has 0 spiro atoms. The largest absolute Gasteiger partial charge is 0.502 e. The van der Waals surface area contributed by atoms with Gasteiger partial charge in [-0.25, -0.2) is 0 Å². The number of carbonyl (C=O) groups excluding carboxylic acids is 1. The third kappa shape index (κ3) is 4.76. The van der Waals surface area contributed by atoms with Crippen molar-refractivity contribution in [2.45, 2.75) is 6.54 Å². The highest BCUT2D eigenvalue weighted by molar-refractivity contribution is 6.08. The van der Waals surface area contributed by atoms with Crippen LogP contribution in [0.4, 0.5) is 0 Å². The number of fused-ring (bicyclic) bond motifs is 1. The standard InChI is InChI=1S/C24H27N3O5/c1-26-20-8-3-2-7-19(20)21(22(28)24(26)30)23(29)25-16-17-5-4-6-18(15-17)32-14-11-27-9-12-31-13-10-27/h2-8,15,28H,9-14,16H2,1H3,(H,25,29). The molecule has 0 unspecified atom stereocenters. The number of ether oxygens (including phenoxy) is 2. The van der Waals surface area contributed by atoms with E-state index in [-0.39, 0.29) is 12.1 Å². The fourth-order valence-corrected chi connectivity index (χ4v) is 3.84. The molecule has 32 heavy (non-hydrogen) atoms. The number of hydrogen-bond acceptors (Lipinski definition) is 6. The van der Waals surface area contributed by atoms with Crippen LogP contribution in [0, 0.1) is 0 Å². The minimum atomic E-state index is -0.607. The Balaban J connectivity index is 1.41. The highest BCUT2D eigenvalue weighted by Crippen LogP contribution is 2.23. The van der Waals surface area contributed by atoms with Gasteiger partial charge in [0.25, 0.3) is 11.5 Å². The molecular weight excluding hydrogens is 410 g/mol. The Bertz CT molecular complexity index is 1170. The number of rotatable bonds is 7. The van der Waals surface area contributed by atoms with Crippen molar-refractivity contribution in [3.63, 3.8) is 0 Å². The molecule has 2 heterocycles. The average molecular weight is 437 g/mol. The van der Waals surface area contributed by atoms with Crippen molar-refractivity contribution in [1.82, 2.24) is 14.8 Å². The van der Waals surface area contributed by atoms with Crippen LogP contribution < -0.4 is 15.6 Å². The molecule has 0 saturated carbocycles.